The minimum absolute atomic E-state index is 0.249. The molecule has 1 aromatic carbocycles. The van der Waals surface area contributed by atoms with E-state index < -0.39 is 0 Å². The second-order valence-corrected chi connectivity index (χ2v) is 7.42. The minimum atomic E-state index is 0.249. The van der Waals surface area contributed by atoms with Gasteiger partial charge in [0, 0.05) is 43.3 Å². The van der Waals surface area contributed by atoms with Crippen molar-refractivity contribution in [1.29, 1.82) is 0 Å². The number of nitrogens with zero attached hydrogens (tertiary/aromatic N) is 3. The van der Waals surface area contributed by atoms with Crippen molar-refractivity contribution in [2.75, 3.05) is 24.5 Å². The summed E-state index contributed by atoms with van der Waals surface area (Å²) in [5, 5.41) is 0. The number of amides is 1. The Balaban J connectivity index is 1.40. The van der Waals surface area contributed by atoms with Crippen LogP contribution in [0.25, 0.3) is 0 Å². The second-order valence-electron chi connectivity index (χ2n) is 7.42. The number of carbonyl (C=O) groups is 1. The second kappa shape index (κ2) is 7.04. The quantitative estimate of drug-likeness (QED) is 0.858. The molecule has 0 spiro atoms. The number of aryl methyl sites for hydroxylation is 1. The average Bonchev–Trinajstić information content (AvgIpc) is 3.17. The zero-order valence-electron chi connectivity index (χ0n) is 15.0. The Morgan fingerprint density at radius 2 is 1.76 bits per heavy atom. The smallest absolute Gasteiger partial charge is 0.241 e. The fraction of sp³-hybridized carbons (Fsp3) is 0.476. The summed E-state index contributed by atoms with van der Waals surface area (Å²) in [5.41, 5.74) is 2.42. The number of aromatic nitrogens is 1. The molecule has 0 aliphatic carbocycles. The minimum Gasteiger partial charge on any atom is -0.351 e. The maximum atomic E-state index is 13.0. The van der Waals surface area contributed by atoms with E-state index in [1.54, 1.807) is 0 Å². The molecule has 0 saturated carbocycles. The van der Waals surface area contributed by atoms with E-state index in [4.69, 9.17) is 0 Å². The highest BCUT2D eigenvalue weighted by Crippen LogP contribution is 2.31. The van der Waals surface area contributed by atoms with Gasteiger partial charge in [-0.2, -0.15) is 0 Å². The summed E-state index contributed by atoms with van der Waals surface area (Å²) in [5.74, 6) is 0.249. The van der Waals surface area contributed by atoms with Gasteiger partial charge in [0.05, 0.1) is 6.54 Å². The topological polar surface area (TPSA) is 28.5 Å². The van der Waals surface area contributed by atoms with E-state index in [0.717, 1.165) is 44.5 Å². The van der Waals surface area contributed by atoms with Gasteiger partial charge in [-0.15, -0.1) is 0 Å². The first kappa shape index (κ1) is 16.4. The summed E-state index contributed by atoms with van der Waals surface area (Å²) < 4.78 is 2.31. The maximum Gasteiger partial charge on any atom is 0.241 e. The van der Waals surface area contributed by atoms with Crippen molar-refractivity contribution in [1.82, 2.24) is 9.47 Å². The van der Waals surface area contributed by atoms with Crippen LogP contribution in [-0.4, -0.2) is 41.1 Å². The molecular formula is C21H27N3O. The lowest BCUT2D eigenvalue weighted by atomic mass is 9.96. The lowest BCUT2D eigenvalue weighted by molar-refractivity contribution is -0.120. The third kappa shape index (κ3) is 3.36. The lowest BCUT2D eigenvalue weighted by Crippen LogP contribution is -2.48. The van der Waals surface area contributed by atoms with E-state index in [0.29, 0.717) is 18.6 Å². The molecule has 1 unspecified atom stereocenters. The molecule has 3 heterocycles. The molecule has 1 saturated heterocycles. The number of benzene rings is 1. The van der Waals surface area contributed by atoms with Crippen LogP contribution in [0.4, 0.5) is 5.69 Å². The third-order valence-electron chi connectivity index (χ3n) is 5.76. The van der Waals surface area contributed by atoms with Crippen molar-refractivity contribution < 1.29 is 4.79 Å². The Bertz CT molecular complexity index is 717. The Kier molecular flexibility index (Phi) is 4.62. The van der Waals surface area contributed by atoms with Crippen molar-refractivity contribution in [2.24, 2.45) is 0 Å². The first-order valence-corrected chi connectivity index (χ1v) is 9.47. The van der Waals surface area contributed by atoms with Crippen LogP contribution in [-0.2, 0) is 11.2 Å². The van der Waals surface area contributed by atoms with Gasteiger partial charge in [0.25, 0.3) is 0 Å². The van der Waals surface area contributed by atoms with Crippen LogP contribution in [0.15, 0.2) is 48.8 Å². The number of para-hydroxylation sites is 1. The van der Waals surface area contributed by atoms with Crippen LogP contribution in [0.5, 0.6) is 0 Å². The third-order valence-corrected chi connectivity index (χ3v) is 5.76. The van der Waals surface area contributed by atoms with Gasteiger partial charge in [0.2, 0.25) is 5.91 Å². The molecule has 0 N–H and O–H groups in total. The zero-order chi connectivity index (χ0) is 17.2. The van der Waals surface area contributed by atoms with Gasteiger partial charge in [0.1, 0.15) is 0 Å². The van der Waals surface area contributed by atoms with Gasteiger partial charge in [0.15, 0.2) is 0 Å². The fourth-order valence-corrected chi connectivity index (χ4v) is 4.30. The monoisotopic (exact) mass is 337 g/mol. The van der Waals surface area contributed by atoms with E-state index >= 15 is 0 Å². The van der Waals surface area contributed by atoms with Gasteiger partial charge in [-0.3, -0.25) is 9.69 Å². The van der Waals surface area contributed by atoms with Crippen molar-refractivity contribution in [3.8, 4) is 0 Å². The average molecular weight is 337 g/mol. The molecule has 1 amide bonds. The highest BCUT2D eigenvalue weighted by molar-refractivity contribution is 5.96. The summed E-state index contributed by atoms with van der Waals surface area (Å²) in [6, 6.07) is 13.4. The van der Waals surface area contributed by atoms with Gasteiger partial charge < -0.3 is 9.47 Å². The molecule has 4 rings (SSSR count). The number of hydrogen-bond donors (Lipinski definition) is 0. The summed E-state index contributed by atoms with van der Waals surface area (Å²) in [6.07, 6.45) is 8.67. The summed E-state index contributed by atoms with van der Waals surface area (Å²) in [6.45, 7) is 4.71. The molecule has 1 aromatic heterocycles. The number of anilines is 1. The van der Waals surface area contributed by atoms with Gasteiger partial charge in [-0.05, 0) is 56.4 Å². The summed E-state index contributed by atoms with van der Waals surface area (Å²) in [4.78, 5) is 17.4. The normalized spacial score (nSPS) is 22.0. The first-order chi connectivity index (χ1) is 12.2. The predicted molar refractivity (Wildman–Crippen MR) is 101 cm³/mol. The van der Waals surface area contributed by atoms with E-state index in [-0.39, 0.29) is 5.91 Å². The summed E-state index contributed by atoms with van der Waals surface area (Å²) >= 11 is 0. The van der Waals surface area contributed by atoms with Crippen LogP contribution in [0.1, 0.15) is 37.8 Å². The molecule has 1 fully saturated rings. The predicted octanol–water partition coefficient (Wildman–Crippen LogP) is 3.49. The fourth-order valence-electron chi connectivity index (χ4n) is 4.30. The Hall–Kier alpha value is -2.07. The van der Waals surface area contributed by atoms with Crippen molar-refractivity contribution in [2.45, 2.75) is 44.7 Å². The van der Waals surface area contributed by atoms with Gasteiger partial charge >= 0.3 is 0 Å². The van der Waals surface area contributed by atoms with Crippen LogP contribution in [0, 0.1) is 0 Å². The molecule has 132 valence electrons. The number of piperidine rings is 1. The number of fused-ring (bicyclic) bond motifs is 1. The molecule has 4 nitrogen and oxygen atoms in total. The standard InChI is InChI=1S/C21H27N3O/c1-17-8-9-18-6-2-3-7-20(18)24(17)21(25)16-22-14-10-19(11-15-22)23-12-4-5-13-23/h2-7,12-13,17,19H,8-11,14-16H2,1H3. The zero-order valence-corrected chi connectivity index (χ0v) is 15.0. The molecule has 2 aromatic rings. The van der Waals surface area contributed by atoms with Gasteiger partial charge in [-0.1, -0.05) is 18.2 Å². The van der Waals surface area contributed by atoms with Crippen molar-refractivity contribution in [3.63, 3.8) is 0 Å². The molecule has 2 aliphatic heterocycles. The Morgan fingerprint density at radius 1 is 1.04 bits per heavy atom. The summed E-state index contributed by atoms with van der Waals surface area (Å²) in [7, 11) is 0. The number of hydrogen-bond acceptors (Lipinski definition) is 2. The van der Waals surface area contributed by atoms with Crippen LogP contribution in [0.2, 0.25) is 0 Å². The molecule has 2 aliphatic rings. The van der Waals surface area contributed by atoms with Crippen LogP contribution in [0.3, 0.4) is 0 Å². The highest BCUT2D eigenvalue weighted by Gasteiger charge is 2.30. The Labute approximate surface area is 150 Å². The Morgan fingerprint density at radius 3 is 2.52 bits per heavy atom. The highest BCUT2D eigenvalue weighted by atomic mass is 16.2. The molecule has 4 heteroatoms. The lowest BCUT2D eigenvalue weighted by Gasteiger charge is -2.38. The molecular weight excluding hydrogens is 310 g/mol. The van der Waals surface area contributed by atoms with E-state index in [9.17, 15) is 4.79 Å². The largest absolute Gasteiger partial charge is 0.351 e. The van der Waals surface area contributed by atoms with E-state index in [2.05, 4.69) is 59.1 Å². The first-order valence-electron chi connectivity index (χ1n) is 9.47. The SMILES string of the molecule is CC1CCc2ccccc2N1C(=O)CN1CCC(n2cccc2)CC1. The van der Waals surface area contributed by atoms with Crippen molar-refractivity contribution >= 4 is 11.6 Å². The van der Waals surface area contributed by atoms with Crippen LogP contribution >= 0.6 is 0 Å². The number of rotatable bonds is 3. The molecule has 25 heavy (non-hydrogen) atoms. The van der Waals surface area contributed by atoms with E-state index in [1.165, 1.54) is 5.56 Å². The maximum absolute atomic E-state index is 13.0. The molecule has 0 radical (unpaired) electrons. The number of likely N-dealkylation sites (tertiary alicyclic amines) is 1. The molecule has 1 atom stereocenters. The van der Waals surface area contributed by atoms with Crippen LogP contribution < -0.4 is 4.90 Å². The van der Waals surface area contributed by atoms with Gasteiger partial charge in [-0.25, -0.2) is 0 Å². The molecule has 0 bridgehead atoms. The number of carbonyl (C=O) groups excluding carboxylic acids is 1. The van der Waals surface area contributed by atoms with E-state index in [1.807, 2.05) is 11.0 Å². The van der Waals surface area contributed by atoms with Crippen molar-refractivity contribution in [3.05, 3.63) is 54.4 Å².